The summed E-state index contributed by atoms with van der Waals surface area (Å²) in [6, 6.07) is 12.7. The zero-order valence-electron chi connectivity index (χ0n) is 18.1. The third kappa shape index (κ3) is 3.80. The first-order valence-corrected chi connectivity index (χ1v) is 10.3. The summed E-state index contributed by atoms with van der Waals surface area (Å²) in [7, 11) is 0. The minimum Gasteiger partial charge on any atom is -0.507 e. The summed E-state index contributed by atoms with van der Waals surface area (Å²) in [5, 5.41) is 11.1. The molecular formula is C26H23FN2O3. The van der Waals surface area contributed by atoms with Gasteiger partial charge in [-0.15, -0.1) is 0 Å². The number of halogens is 1. The third-order valence-electron chi connectivity index (χ3n) is 5.84. The van der Waals surface area contributed by atoms with E-state index in [1.165, 1.54) is 23.1 Å². The molecular weight excluding hydrogens is 407 g/mol. The summed E-state index contributed by atoms with van der Waals surface area (Å²) in [5.74, 6) is -2.19. The average molecular weight is 430 g/mol. The van der Waals surface area contributed by atoms with Crippen LogP contribution in [-0.4, -0.2) is 26.7 Å². The van der Waals surface area contributed by atoms with Crippen LogP contribution in [0.25, 0.3) is 5.76 Å². The monoisotopic (exact) mass is 430 g/mol. The van der Waals surface area contributed by atoms with Gasteiger partial charge in [0.2, 0.25) is 0 Å². The van der Waals surface area contributed by atoms with Gasteiger partial charge < -0.3 is 10.0 Å². The van der Waals surface area contributed by atoms with E-state index in [-0.39, 0.29) is 23.4 Å². The van der Waals surface area contributed by atoms with Gasteiger partial charge in [-0.1, -0.05) is 23.8 Å². The number of aromatic nitrogens is 1. The fraction of sp³-hybridized carbons (Fsp3) is 0.192. The normalized spacial score (nSPS) is 17.8. The van der Waals surface area contributed by atoms with Crippen LogP contribution in [-0.2, 0) is 16.1 Å². The molecule has 2 aromatic carbocycles. The Morgan fingerprint density at radius 3 is 2.41 bits per heavy atom. The second kappa shape index (κ2) is 8.38. The number of aryl methyl sites for hydroxylation is 3. The van der Waals surface area contributed by atoms with Crippen molar-refractivity contribution in [2.45, 2.75) is 33.4 Å². The van der Waals surface area contributed by atoms with E-state index in [0.29, 0.717) is 11.1 Å². The van der Waals surface area contributed by atoms with Gasteiger partial charge in [-0.2, -0.15) is 0 Å². The van der Waals surface area contributed by atoms with Crippen LogP contribution in [0.2, 0.25) is 0 Å². The van der Waals surface area contributed by atoms with E-state index in [4.69, 9.17) is 0 Å². The van der Waals surface area contributed by atoms with Gasteiger partial charge in [-0.25, -0.2) is 4.39 Å². The van der Waals surface area contributed by atoms with E-state index in [1.807, 2.05) is 32.0 Å². The van der Waals surface area contributed by atoms with Crippen molar-refractivity contribution in [3.8, 4) is 0 Å². The number of nitrogens with zero attached hydrogens (tertiary/aromatic N) is 2. The molecule has 0 saturated carbocycles. The van der Waals surface area contributed by atoms with Crippen molar-refractivity contribution in [1.29, 1.82) is 0 Å². The Kier molecular flexibility index (Phi) is 5.61. The Morgan fingerprint density at radius 1 is 1.00 bits per heavy atom. The largest absolute Gasteiger partial charge is 0.507 e. The first kappa shape index (κ1) is 21.4. The van der Waals surface area contributed by atoms with Crippen molar-refractivity contribution in [2.24, 2.45) is 0 Å². The third-order valence-corrected chi connectivity index (χ3v) is 5.84. The summed E-state index contributed by atoms with van der Waals surface area (Å²) in [6.45, 7) is 5.71. The maximum absolute atomic E-state index is 13.8. The number of rotatable bonds is 4. The van der Waals surface area contributed by atoms with Gasteiger partial charge >= 0.3 is 0 Å². The molecule has 1 atom stereocenters. The number of amides is 1. The number of carbonyl (C=O) groups is 2. The highest BCUT2D eigenvalue weighted by atomic mass is 19.1. The molecule has 1 aliphatic heterocycles. The minimum absolute atomic E-state index is 0.0162. The molecule has 0 radical (unpaired) electrons. The maximum Gasteiger partial charge on any atom is 0.295 e. The first-order valence-electron chi connectivity index (χ1n) is 10.3. The Bertz CT molecular complexity index is 1250. The fourth-order valence-corrected chi connectivity index (χ4v) is 4.04. The highest BCUT2D eigenvalue weighted by Crippen LogP contribution is 2.40. The molecule has 1 fully saturated rings. The molecule has 32 heavy (non-hydrogen) atoms. The second-order valence-corrected chi connectivity index (χ2v) is 8.10. The van der Waals surface area contributed by atoms with Crippen molar-refractivity contribution in [3.05, 3.63) is 106 Å². The van der Waals surface area contributed by atoms with Crippen molar-refractivity contribution in [2.75, 3.05) is 0 Å². The summed E-state index contributed by atoms with van der Waals surface area (Å²) in [4.78, 5) is 31.7. The Morgan fingerprint density at radius 2 is 1.72 bits per heavy atom. The number of pyridine rings is 1. The molecule has 0 bridgehead atoms. The van der Waals surface area contributed by atoms with Gasteiger partial charge in [-0.3, -0.25) is 14.6 Å². The molecule has 2 heterocycles. The lowest BCUT2D eigenvalue weighted by Crippen LogP contribution is -2.29. The lowest BCUT2D eigenvalue weighted by Gasteiger charge is -2.26. The number of Topliss-reactive ketones (excluding diaryl/α,β-unsaturated/α-hetero) is 1. The highest BCUT2D eigenvalue weighted by Gasteiger charge is 2.46. The molecule has 6 heteroatoms. The summed E-state index contributed by atoms with van der Waals surface area (Å²) in [5.41, 5.74) is 4.22. The van der Waals surface area contributed by atoms with Gasteiger partial charge in [0.15, 0.2) is 0 Å². The van der Waals surface area contributed by atoms with Gasteiger partial charge in [0.25, 0.3) is 11.7 Å². The van der Waals surface area contributed by atoms with Gasteiger partial charge in [-0.05, 0) is 73.4 Å². The second-order valence-electron chi connectivity index (χ2n) is 8.10. The maximum atomic E-state index is 13.8. The van der Waals surface area contributed by atoms with Crippen LogP contribution in [0, 0.1) is 26.6 Å². The molecule has 1 unspecified atom stereocenters. The SMILES string of the molecule is Cc1ccc(C)c(CN2C(=O)C(=O)/C(=C(\O)c3ccc(F)c(C)c3)C2c2ccncc2)c1. The van der Waals surface area contributed by atoms with Crippen LogP contribution >= 0.6 is 0 Å². The van der Waals surface area contributed by atoms with Crippen molar-refractivity contribution in [3.63, 3.8) is 0 Å². The number of aliphatic hydroxyl groups is 1. The van der Waals surface area contributed by atoms with Crippen molar-refractivity contribution in [1.82, 2.24) is 9.88 Å². The van der Waals surface area contributed by atoms with Crippen LogP contribution in [0.15, 0.2) is 66.5 Å². The quantitative estimate of drug-likeness (QED) is 0.368. The molecule has 1 aliphatic rings. The lowest BCUT2D eigenvalue weighted by molar-refractivity contribution is -0.140. The molecule has 0 aliphatic carbocycles. The molecule has 4 rings (SSSR count). The van der Waals surface area contributed by atoms with Crippen molar-refractivity contribution < 1.29 is 19.1 Å². The van der Waals surface area contributed by atoms with Crippen LogP contribution in [0.5, 0.6) is 0 Å². The van der Waals surface area contributed by atoms with E-state index < -0.39 is 23.5 Å². The standard InChI is InChI=1S/C26H23FN2O3/c1-15-4-5-16(2)20(12-15)14-29-23(18-8-10-28-11-9-18)22(25(31)26(29)32)24(30)19-6-7-21(27)17(3)13-19/h4-13,23,30H,14H2,1-3H3/b24-22-. The van der Waals surface area contributed by atoms with E-state index in [1.54, 1.807) is 31.5 Å². The van der Waals surface area contributed by atoms with Crippen LogP contribution in [0.1, 0.15) is 39.4 Å². The van der Waals surface area contributed by atoms with Gasteiger partial charge in [0.05, 0.1) is 11.6 Å². The summed E-state index contributed by atoms with van der Waals surface area (Å²) >= 11 is 0. The Labute approximate surface area is 185 Å². The number of hydrogen-bond acceptors (Lipinski definition) is 4. The van der Waals surface area contributed by atoms with Crippen LogP contribution in [0.4, 0.5) is 4.39 Å². The predicted molar refractivity (Wildman–Crippen MR) is 119 cm³/mol. The number of hydrogen-bond donors (Lipinski definition) is 1. The number of ketones is 1. The zero-order valence-corrected chi connectivity index (χ0v) is 18.1. The average Bonchev–Trinajstić information content (AvgIpc) is 3.03. The van der Waals surface area contributed by atoms with E-state index in [0.717, 1.165) is 16.7 Å². The van der Waals surface area contributed by atoms with E-state index in [2.05, 4.69) is 4.98 Å². The van der Waals surface area contributed by atoms with Crippen LogP contribution < -0.4 is 0 Å². The zero-order chi connectivity index (χ0) is 23.0. The summed E-state index contributed by atoms with van der Waals surface area (Å²) in [6.07, 6.45) is 3.16. The van der Waals surface area contributed by atoms with Gasteiger partial charge in [0.1, 0.15) is 11.6 Å². The van der Waals surface area contributed by atoms with Crippen molar-refractivity contribution >= 4 is 17.4 Å². The molecule has 0 spiro atoms. The first-order chi connectivity index (χ1) is 15.3. The van der Waals surface area contributed by atoms with E-state index in [9.17, 15) is 19.1 Å². The molecule has 1 aromatic heterocycles. The molecule has 162 valence electrons. The minimum atomic E-state index is -0.789. The topological polar surface area (TPSA) is 70.5 Å². The molecule has 1 amide bonds. The smallest absolute Gasteiger partial charge is 0.295 e. The Balaban J connectivity index is 1.87. The molecule has 1 saturated heterocycles. The fourth-order valence-electron chi connectivity index (χ4n) is 4.04. The lowest BCUT2D eigenvalue weighted by atomic mass is 9.95. The Hall–Kier alpha value is -3.80. The number of benzene rings is 2. The molecule has 3 aromatic rings. The summed E-state index contributed by atoms with van der Waals surface area (Å²) < 4.78 is 13.8. The number of likely N-dealkylation sites (tertiary alicyclic amines) is 1. The number of carbonyl (C=O) groups excluding carboxylic acids is 2. The van der Waals surface area contributed by atoms with E-state index >= 15 is 0 Å². The number of aliphatic hydroxyl groups excluding tert-OH is 1. The van der Waals surface area contributed by atoms with Gasteiger partial charge in [0, 0.05) is 24.5 Å². The molecule has 5 nitrogen and oxygen atoms in total. The molecule has 1 N–H and O–H groups in total. The predicted octanol–water partition coefficient (Wildman–Crippen LogP) is 4.77. The highest BCUT2D eigenvalue weighted by molar-refractivity contribution is 6.46. The van der Waals surface area contributed by atoms with Crippen LogP contribution in [0.3, 0.4) is 0 Å².